The molecule has 0 atom stereocenters. The molecule has 0 saturated heterocycles. The molecule has 114 valence electrons. The third-order valence-corrected chi connectivity index (χ3v) is 5.58. The van der Waals surface area contributed by atoms with Gasteiger partial charge in [0.05, 0.1) is 29.0 Å². The highest BCUT2D eigenvalue weighted by Gasteiger charge is 2.13. The van der Waals surface area contributed by atoms with Crippen molar-refractivity contribution in [3.05, 3.63) is 37.7 Å². The fourth-order valence-corrected chi connectivity index (χ4v) is 3.88. The molecule has 0 unspecified atom stereocenters. The molecule has 0 radical (unpaired) electrons. The van der Waals surface area contributed by atoms with Crippen LogP contribution in [0.25, 0.3) is 22.3 Å². The monoisotopic (exact) mass is 424 g/mol. The first-order valence-electron chi connectivity index (χ1n) is 7.10. The van der Waals surface area contributed by atoms with Crippen LogP contribution >= 0.6 is 33.9 Å². The molecule has 0 aliphatic rings. The molecule has 0 aliphatic heterocycles. The molecular formula is C17H17IN2OS. The van der Waals surface area contributed by atoms with Crippen LogP contribution in [0.15, 0.2) is 23.6 Å². The van der Waals surface area contributed by atoms with Crippen molar-refractivity contribution in [1.29, 1.82) is 0 Å². The average molecular weight is 424 g/mol. The Labute approximate surface area is 147 Å². The highest BCUT2D eigenvalue weighted by molar-refractivity contribution is 14.1. The Morgan fingerprint density at radius 1 is 1.14 bits per heavy atom. The van der Waals surface area contributed by atoms with Gasteiger partial charge in [-0.25, -0.2) is 9.97 Å². The van der Waals surface area contributed by atoms with Crippen LogP contribution in [0.4, 0.5) is 0 Å². The minimum absolute atomic E-state index is 0.448. The topological polar surface area (TPSA) is 35.0 Å². The maximum Gasteiger partial charge on any atom is 0.119 e. The predicted molar refractivity (Wildman–Crippen MR) is 101 cm³/mol. The summed E-state index contributed by atoms with van der Waals surface area (Å²) in [4.78, 5) is 9.56. The molecule has 5 heteroatoms. The second-order valence-electron chi connectivity index (χ2n) is 5.56. The van der Waals surface area contributed by atoms with Crippen LogP contribution in [0.5, 0.6) is 5.75 Å². The van der Waals surface area contributed by atoms with Gasteiger partial charge in [0.25, 0.3) is 0 Å². The lowest BCUT2D eigenvalue weighted by atomic mass is 10.1. The number of hydrogen-bond acceptors (Lipinski definition) is 4. The molecule has 3 aromatic rings. The SMILES string of the molecule is COc1cc(C)c2nc(-c3csc(C(C)C)n3)cc(I)c2c1. The molecule has 0 aliphatic carbocycles. The third-order valence-electron chi connectivity index (χ3n) is 3.54. The van der Waals surface area contributed by atoms with E-state index in [4.69, 9.17) is 14.7 Å². The minimum atomic E-state index is 0.448. The van der Waals surface area contributed by atoms with Gasteiger partial charge in [-0.1, -0.05) is 13.8 Å². The van der Waals surface area contributed by atoms with E-state index in [2.05, 4.69) is 54.8 Å². The van der Waals surface area contributed by atoms with Crippen molar-refractivity contribution in [2.75, 3.05) is 7.11 Å². The van der Waals surface area contributed by atoms with Gasteiger partial charge in [0.15, 0.2) is 0 Å². The third kappa shape index (κ3) is 2.84. The summed E-state index contributed by atoms with van der Waals surface area (Å²) < 4.78 is 6.53. The summed E-state index contributed by atoms with van der Waals surface area (Å²) in [6.07, 6.45) is 0. The number of pyridine rings is 1. The number of rotatable bonds is 3. The molecule has 1 aromatic carbocycles. The summed E-state index contributed by atoms with van der Waals surface area (Å²) in [5, 5.41) is 4.37. The second kappa shape index (κ2) is 6.12. The lowest BCUT2D eigenvalue weighted by Gasteiger charge is -2.09. The highest BCUT2D eigenvalue weighted by Crippen LogP contribution is 2.32. The molecule has 0 fully saturated rings. The van der Waals surface area contributed by atoms with Crippen LogP contribution in [0.3, 0.4) is 0 Å². The molecule has 0 saturated carbocycles. The lowest BCUT2D eigenvalue weighted by Crippen LogP contribution is -1.94. The number of benzene rings is 1. The van der Waals surface area contributed by atoms with E-state index < -0.39 is 0 Å². The van der Waals surface area contributed by atoms with Gasteiger partial charge in [0.1, 0.15) is 5.75 Å². The van der Waals surface area contributed by atoms with Crippen molar-refractivity contribution in [3.8, 4) is 17.1 Å². The zero-order valence-corrected chi connectivity index (χ0v) is 15.9. The summed E-state index contributed by atoms with van der Waals surface area (Å²) in [5.41, 5.74) is 4.03. The van der Waals surface area contributed by atoms with E-state index in [0.29, 0.717) is 5.92 Å². The first-order valence-corrected chi connectivity index (χ1v) is 9.06. The first kappa shape index (κ1) is 15.7. The van der Waals surface area contributed by atoms with Crippen molar-refractivity contribution < 1.29 is 4.74 Å². The largest absolute Gasteiger partial charge is 0.497 e. The molecule has 2 heterocycles. The maximum atomic E-state index is 5.36. The smallest absolute Gasteiger partial charge is 0.119 e. The van der Waals surface area contributed by atoms with Gasteiger partial charge < -0.3 is 4.74 Å². The summed E-state index contributed by atoms with van der Waals surface area (Å²) in [7, 11) is 1.69. The van der Waals surface area contributed by atoms with E-state index in [0.717, 1.165) is 38.6 Å². The number of aromatic nitrogens is 2. The molecule has 2 aromatic heterocycles. The lowest BCUT2D eigenvalue weighted by molar-refractivity contribution is 0.415. The molecular weight excluding hydrogens is 407 g/mol. The number of methoxy groups -OCH3 is 1. The number of ether oxygens (including phenoxy) is 1. The number of nitrogens with zero attached hydrogens (tertiary/aromatic N) is 2. The van der Waals surface area contributed by atoms with Gasteiger partial charge in [0, 0.05) is 20.3 Å². The average Bonchev–Trinajstić information content (AvgIpc) is 2.97. The zero-order chi connectivity index (χ0) is 15.9. The summed E-state index contributed by atoms with van der Waals surface area (Å²) in [6, 6.07) is 6.16. The Balaban J connectivity index is 2.17. The zero-order valence-electron chi connectivity index (χ0n) is 13.0. The Kier molecular flexibility index (Phi) is 4.36. The van der Waals surface area contributed by atoms with Crippen LogP contribution in [0, 0.1) is 10.5 Å². The van der Waals surface area contributed by atoms with E-state index in [1.54, 1.807) is 18.4 Å². The summed E-state index contributed by atoms with van der Waals surface area (Å²) in [6.45, 7) is 6.39. The Bertz CT molecular complexity index is 842. The molecule has 0 amide bonds. The number of aryl methyl sites for hydroxylation is 1. The molecule has 22 heavy (non-hydrogen) atoms. The predicted octanol–water partition coefficient (Wildman–Crippen LogP) is 5.40. The number of halogens is 1. The molecule has 0 spiro atoms. The van der Waals surface area contributed by atoms with Gasteiger partial charge in [-0.3, -0.25) is 0 Å². The second-order valence-corrected chi connectivity index (χ2v) is 7.61. The van der Waals surface area contributed by atoms with Gasteiger partial charge in [-0.15, -0.1) is 11.3 Å². The van der Waals surface area contributed by atoms with Gasteiger partial charge in [-0.05, 0) is 53.3 Å². The highest BCUT2D eigenvalue weighted by atomic mass is 127. The van der Waals surface area contributed by atoms with Crippen LogP contribution in [0.2, 0.25) is 0 Å². The van der Waals surface area contributed by atoms with Crippen LogP contribution in [0.1, 0.15) is 30.3 Å². The normalized spacial score (nSPS) is 11.4. The standard InChI is InChI=1S/C17H17IN2OS/c1-9(2)17-20-15(8-22-17)14-7-13(18)12-6-11(21-4)5-10(3)16(12)19-14/h5-9H,1-4H3. The summed E-state index contributed by atoms with van der Waals surface area (Å²) in [5.74, 6) is 1.32. The fraction of sp³-hybridized carbons (Fsp3) is 0.294. The Hall–Kier alpha value is -1.21. The first-order chi connectivity index (χ1) is 10.5. The van der Waals surface area contributed by atoms with E-state index in [1.807, 2.05) is 12.1 Å². The van der Waals surface area contributed by atoms with Gasteiger partial charge in [-0.2, -0.15) is 0 Å². The quantitative estimate of drug-likeness (QED) is 0.528. The van der Waals surface area contributed by atoms with Crippen molar-refractivity contribution >= 4 is 44.8 Å². The maximum absolute atomic E-state index is 5.36. The number of thiazole rings is 1. The fourth-order valence-electron chi connectivity index (χ4n) is 2.35. The van der Waals surface area contributed by atoms with Crippen molar-refractivity contribution in [2.24, 2.45) is 0 Å². The van der Waals surface area contributed by atoms with Crippen molar-refractivity contribution in [1.82, 2.24) is 9.97 Å². The number of fused-ring (bicyclic) bond motifs is 1. The minimum Gasteiger partial charge on any atom is -0.497 e. The van der Waals surface area contributed by atoms with E-state index >= 15 is 0 Å². The van der Waals surface area contributed by atoms with Crippen molar-refractivity contribution in [3.63, 3.8) is 0 Å². The number of hydrogen-bond donors (Lipinski definition) is 0. The molecule has 0 bridgehead atoms. The van der Waals surface area contributed by atoms with Gasteiger partial charge in [0.2, 0.25) is 0 Å². The molecule has 0 N–H and O–H groups in total. The Morgan fingerprint density at radius 3 is 2.55 bits per heavy atom. The molecule has 3 nitrogen and oxygen atoms in total. The van der Waals surface area contributed by atoms with Crippen LogP contribution < -0.4 is 4.74 Å². The van der Waals surface area contributed by atoms with E-state index in [1.165, 1.54) is 3.57 Å². The van der Waals surface area contributed by atoms with E-state index in [9.17, 15) is 0 Å². The van der Waals surface area contributed by atoms with Crippen molar-refractivity contribution in [2.45, 2.75) is 26.7 Å². The van der Waals surface area contributed by atoms with Crippen LogP contribution in [-0.2, 0) is 0 Å². The Morgan fingerprint density at radius 2 is 1.91 bits per heavy atom. The molecule has 3 rings (SSSR count). The van der Waals surface area contributed by atoms with Gasteiger partial charge >= 0.3 is 0 Å². The summed E-state index contributed by atoms with van der Waals surface area (Å²) >= 11 is 4.06. The van der Waals surface area contributed by atoms with Crippen LogP contribution in [-0.4, -0.2) is 17.1 Å². The van der Waals surface area contributed by atoms with E-state index in [-0.39, 0.29) is 0 Å².